The van der Waals surface area contributed by atoms with Crippen molar-refractivity contribution in [2.45, 2.75) is 0 Å². The second kappa shape index (κ2) is 8.01. The molecule has 1 aliphatic rings. The summed E-state index contributed by atoms with van der Waals surface area (Å²) < 4.78 is 10.5. The number of rotatable bonds is 5. The molecule has 8 nitrogen and oxygen atoms in total. The molecule has 0 atom stereocenters. The first kappa shape index (κ1) is 17.9. The van der Waals surface area contributed by atoms with Crippen molar-refractivity contribution in [3.05, 3.63) is 36.0 Å². The fourth-order valence-corrected chi connectivity index (χ4v) is 2.75. The van der Waals surface area contributed by atoms with Gasteiger partial charge in [0.25, 0.3) is 5.91 Å². The van der Waals surface area contributed by atoms with E-state index in [9.17, 15) is 4.79 Å². The zero-order valence-electron chi connectivity index (χ0n) is 15.2. The van der Waals surface area contributed by atoms with Crippen molar-refractivity contribution >= 4 is 17.4 Å². The quantitative estimate of drug-likeness (QED) is 0.871. The number of aromatic nitrogens is 2. The summed E-state index contributed by atoms with van der Waals surface area (Å²) in [5.74, 6) is 1.74. The summed E-state index contributed by atoms with van der Waals surface area (Å²) in [7, 11) is 5.23. The lowest BCUT2D eigenvalue weighted by molar-refractivity contribution is 0.0657. The van der Waals surface area contributed by atoms with Gasteiger partial charge in [-0.15, -0.1) is 10.2 Å². The molecule has 1 amide bonds. The van der Waals surface area contributed by atoms with Crippen LogP contribution in [0.1, 0.15) is 10.5 Å². The Labute approximate surface area is 152 Å². The van der Waals surface area contributed by atoms with Crippen LogP contribution in [0.5, 0.6) is 11.5 Å². The topological polar surface area (TPSA) is 79.8 Å². The van der Waals surface area contributed by atoms with Crippen LogP contribution in [0.2, 0.25) is 0 Å². The minimum atomic E-state index is -0.0803. The maximum atomic E-state index is 12.5. The van der Waals surface area contributed by atoms with Crippen LogP contribution in [0.4, 0.5) is 11.5 Å². The minimum Gasteiger partial charge on any atom is -0.493 e. The van der Waals surface area contributed by atoms with Crippen molar-refractivity contribution < 1.29 is 14.3 Å². The molecule has 0 spiro atoms. The van der Waals surface area contributed by atoms with Crippen molar-refractivity contribution in [2.75, 3.05) is 52.8 Å². The van der Waals surface area contributed by atoms with Gasteiger partial charge < -0.3 is 24.6 Å². The molecule has 138 valence electrons. The van der Waals surface area contributed by atoms with Crippen molar-refractivity contribution in [1.29, 1.82) is 0 Å². The second-order valence-electron chi connectivity index (χ2n) is 6.09. The number of ether oxygens (including phenoxy) is 2. The van der Waals surface area contributed by atoms with Gasteiger partial charge in [0.1, 0.15) is 0 Å². The van der Waals surface area contributed by atoms with E-state index in [1.165, 1.54) is 0 Å². The maximum absolute atomic E-state index is 12.5. The highest BCUT2D eigenvalue weighted by atomic mass is 16.5. The summed E-state index contributed by atoms with van der Waals surface area (Å²) >= 11 is 0. The van der Waals surface area contributed by atoms with Gasteiger partial charge in [-0.05, 0) is 31.3 Å². The van der Waals surface area contributed by atoms with Crippen molar-refractivity contribution in [1.82, 2.24) is 20.0 Å². The molecule has 0 radical (unpaired) electrons. The number of piperazine rings is 1. The molecule has 1 N–H and O–H groups in total. The molecule has 1 saturated heterocycles. The molecule has 3 rings (SSSR count). The van der Waals surface area contributed by atoms with E-state index in [1.54, 1.807) is 32.4 Å². The summed E-state index contributed by atoms with van der Waals surface area (Å²) in [6, 6.07) is 8.90. The molecular formula is C18H23N5O3. The minimum absolute atomic E-state index is 0.0803. The number of carbonyl (C=O) groups is 1. The van der Waals surface area contributed by atoms with Crippen LogP contribution < -0.4 is 14.8 Å². The Balaban J connectivity index is 1.67. The van der Waals surface area contributed by atoms with Gasteiger partial charge in [-0.25, -0.2) is 0 Å². The third-order valence-electron chi connectivity index (χ3n) is 4.33. The maximum Gasteiger partial charge on any atom is 0.274 e. The van der Waals surface area contributed by atoms with E-state index in [0.717, 1.165) is 18.8 Å². The average Bonchev–Trinajstić information content (AvgIpc) is 2.68. The van der Waals surface area contributed by atoms with Crippen LogP contribution in [0, 0.1) is 0 Å². The van der Waals surface area contributed by atoms with Crippen molar-refractivity contribution in [2.24, 2.45) is 0 Å². The van der Waals surface area contributed by atoms with Crippen LogP contribution >= 0.6 is 0 Å². The molecule has 1 aliphatic heterocycles. The molecule has 2 heterocycles. The molecule has 0 aliphatic carbocycles. The molecule has 1 fully saturated rings. The Morgan fingerprint density at radius 3 is 2.35 bits per heavy atom. The molecule has 1 aromatic carbocycles. The second-order valence-corrected chi connectivity index (χ2v) is 6.09. The predicted molar refractivity (Wildman–Crippen MR) is 98.3 cm³/mol. The number of nitrogens with zero attached hydrogens (tertiary/aromatic N) is 4. The number of likely N-dealkylation sites (N-methyl/N-ethyl adjacent to an activating group) is 1. The van der Waals surface area contributed by atoms with Gasteiger partial charge in [-0.1, -0.05) is 0 Å². The number of carbonyl (C=O) groups excluding carboxylic acids is 1. The van der Waals surface area contributed by atoms with Crippen molar-refractivity contribution in [3.63, 3.8) is 0 Å². The standard InChI is InChI=1S/C18H23N5O3/c1-22-8-10-23(11-9-22)18(24)14-5-7-17(21-20-14)19-13-4-6-15(25-2)16(12-13)26-3/h4-7,12H,8-11H2,1-3H3,(H,19,21). The highest BCUT2D eigenvalue weighted by molar-refractivity contribution is 5.92. The predicted octanol–water partition coefficient (Wildman–Crippen LogP) is 1.62. The lowest BCUT2D eigenvalue weighted by Gasteiger charge is -2.32. The summed E-state index contributed by atoms with van der Waals surface area (Å²) in [5, 5.41) is 11.3. The van der Waals surface area contributed by atoms with Gasteiger partial charge in [-0.3, -0.25) is 4.79 Å². The smallest absolute Gasteiger partial charge is 0.274 e. The number of methoxy groups -OCH3 is 2. The van der Waals surface area contributed by atoms with Crippen LogP contribution in [0.25, 0.3) is 0 Å². The Kier molecular flexibility index (Phi) is 5.52. The normalized spacial score (nSPS) is 14.8. The third kappa shape index (κ3) is 4.02. The number of nitrogens with one attached hydrogen (secondary N) is 1. The number of hydrogen-bond donors (Lipinski definition) is 1. The number of benzene rings is 1. The van der Waals surface area contributed by atoms with Gasteiger partial charge in [0, 0.05) is 37.9 Å². The first-order valence-corrected chi connectivity index (χ1v) is 8.41. The number of anilines is 2. The third-order valence-corrected chi connectivity index (χ3v) is 4.33. The Bertz CT molecular complexity index is 758. The van der Waals surface area contributed by atoms with E-state index >= 15 is 0 Å². The highest BCUT2D eigenvalue weighted by Crippen LogP contribution is 2.30. The lowest BCUT2D eigenvalue weighted by Crippen LogP contribution is -2.47. The lowest BCUT2D eigenvalue weighted by atomic mass is 10.2. The molecule has 2 aromatic rings. The van der Waals surface area contributed by atoms with E-state index in [0.29, 0.717) is 36.1 Å². The molecule has 26 heavy (non-hydrogen) atoms. The largest absolute Gasteiger partial charge is 0.493 e. The summed E-state index contributed by atoms with van der Waals surface area (Å²) in [6.45, 7) is 3.17. The summed E-state index contributed by atoms with van der Waals surface area (Å²) in [4.78, 5) is 16.5. The first-order valence-electron chi connectivity index (χ1n) is 8.41. The van der Waals surface area contributed by atoms with Crippen LogP contribution in [0.3, 0.4) is 0 Å². The fraction of sp³-hybridized carbons (Fsp3) is 0.389. The first-order chi connectivity index (χ1) is 12.6. The zero-order valence-corrected chi connectivity index (χ0v) is 15.2. The van der Waals surface area contributed by atoms with Gasteiger partial charge in [0.15, 0.2) is 23.0 Å². The van der Waals surface area contributed by atoms with E-state index in [-0.39, 0.29) is 5.91 Å². The summed E-state index contributed by atoms with van der Waals surface area (Å²) in [5.41, 5.74) is 1.14. The van der Waals surface area contributed by atoms with Crippen LogP contribution in [-0.4, -0.2) is 73.4 Å². The molecule has 8 heteroatoms. The zero-order chi connectivity index (χ0) is 18.5. The Morgan fingerprint density at radius 1 is 1.00 bits per heavy atom. The molecular weight excluding hydrogens is 334 g/mol. The Morgan fingerprint density at radius 2 is 1.73 bits per heavy atom. The number of hydrogen-bond acceptors (Lipinski definition) is 7. The van der Waals surface area contributed by atoms with Gasteiger partial charge in [0.05, 0.1) is 14.2 Å². The van der Waals surface area contributed by atoms with Crippen LogP contribution in [-0.2, 0) is 0 Å². The van der Waals surface area contributed by atoms with Gasteiger partial charge >= 0.3 is 0 Å². The molecule has 0 saturated carbocycles. The fourth-order valence-electron chi connectivity index (χ4n) is 2.75. The molecule has 1 aromatic heterocycles. The summed E-state index contributed by atoms with van der Waals surface area (Å²) in [6.07, 6.45) is 0. The van der Waals surface area contributed by atoms with Crippen LogP contribution in [0.15, 0.2) is 30.3 Å². The highest BCUT2D eigenvalue weighted by Gasteiger charge is 2.21. The molecule has 0 unspecified atom stereocenters. The SMILES string of the molecule is COc1ccc(Nc2ccc(C(=O)N3CCN(C)CC3)nn2)cc1OC. The van der Waals surface area contributed by atoms with E-state index in [1.807, 2.05) is 17.0 Å². The number of amides is 1. The molecule has 0 bridgehead atoms. The Hall–Kier alpha value is -2.87. The van der Waals surface area contributed by atoms with Gasteiger partial charge in [-0.2, -0.15) is 0 Å². The van der Waals surface area contributed by atoms with E-state index in [2.05, 4.69) is 27.5 Å². The van der Waals surface area contributed by atoms with Crippen molar-refractivity contribution in [3.8, 4) is 11.5 Å². The monoisotopic (exact) mass is 357 g/mol. The average molecular weight is 357 g/mol. The van der Waals surface area contributed by atoms with E-state index in [4.69, 9.17) is 9.47 Å². The van der Waals surface area contributed by atoms with Gasteiger partial charge in [0.2, 0.25) is 0 Å². The van der Waals surface area contributed by atoms with E-state index < -0.39 is 0 Å².